The van der Waals surface area contributed by atoms with E-state index in [4.69, 9.17) is 26.6 Å². The lowest BCUT2D eigenvalue weighted by molar-refractivity contribution is -0.205. The van der Waals surface area contributed by atoms with Crippen LogP contribution in [0, 0.1) is 5.41 Å². The van der Waals surface area contributed by atoms with Gasteiger partial charge in [-0.1, -0.05) is 43.7 Å². The Morgan fingerprint density at radius 3 is 2.74 bits per heavy atom. The highest BCUT2D eigenvalue weighted by molar-refractivity contribution is 6.29. The number of aromatic nitrogens is 1. The monoisotopic (exact) mass is 508 g/mol. The minimum atomic E-state index is 0.124. The molecule has 0 unspecified atom stereocenters. The Kier molecular flexibility index (Phi) is 12.6. The summed E-state index contributed by atoms with van der Waals surface area (Å²) in [5.74, 6) is 0.360. The molecule has 9 nitrogen and oxygen atoms in total. The zero-order valence-corrected chi connectivity index (χ0v) is 21.5. The number of carbonyl (C=O) groups is 1. The van der Waals surface area contributed by atoms with Gasteiger partial charge >= 0.3 is 0 Å². The van der Waals surface area contributed by atoms with E-state index in [0.717, 1.165) is 77.1 Å². The van der Waals surface area contributed by atoms with Gasteiger partial charge in [0.05, 0.1) is 25.9 Å². The lowest BCUT2D eigenvalue weighted by atomic mass is 9.95. The van der Waals surface area contributed by atoms with Crippen LogP contribution in [0.25, 0.3) is 0 Å². The van der Waals surface area contributed by atoms with Crippen LogP contribution in [0.15, 0.2) is 18.3 Å². The smallest absolute Gasteiger partial charge is 0.246 e. The third-order valence-corrected chi connectivity index (χ3v) is 6.72. The Bertz CT molecular complexity index is 771. The fourth-order valence-corrected chi connectivity index (χ4v) is 4.71. The molecule has 1 amide bonds. The quantitative estimate of drug-likeness (QED) is 0.121. The summed E-state index contributed by atoms with van der Waals surface area (Å²) in [5.41, 5.74) is 0.732. The molecule has 1 aromatic heterocycles. The first-order valence-corrected chi connectivity index (χ1v) is 13.5. The molecule has 0 aromatic carbocycles. The number of hydrogen-bond donors (Lipinski definition) is 3. The van der Waals surface area contributed by atoms with E-state index in [2.05, 4.69) is 20.5 Å². The largest absolute Gasteiger partial charge is 0.379 e. The van der Waals surface area contributed by atoms with E-state index in [0.29, 0.717) is 24.7 Å². The number of amides is 1. The van der Waals surface area contributed by atoms with Crippen molar-refractivity contribution < 1.29 is 14.4 Å². The molecule has 1 aliphatic carbocycles. The third kappa shape index (κ3) is 10.7. The van der Waals surface area contributed by atoms with E-state index in [1.807, 2.05) is 0 Å². The van der Waals surface area contributed by atoms with Crippen molar-refractivity contribution in [3.63, 3.8) is 0 Å². The molecule has 3 rings (SSSR count). The molecular weight excluding hydrogens is 468 g/mol. The number of morpholine rings is 1. The maximum Gasteiger partial charge on any atom is 0.246 e. The van der Waals surface area contributed by atoms with E-state index in [1.54, 1.807) is 23.4 Å². The van der Waals surface area contributed by atoms with E-state index in [-0.39, 0.29) is 17.9 Å². The maximum atomic E-state index is 13.0. The van der Waals surface area contributed by atoms with Crippen molar-refractivity contribution in [2.45, 2.75) is 70.3 Å². The number of hydrogen-bond acceptors (Lipinski definition) is 6. The molecule has 3 N–H and O–H groups in total. The fourth-order valence-electron chi connectivity index (χ4n) is 4.54. The van der Waals surface area contributed by atoms with Gasteiger partial charge in [-0.05, 0) is 37.8 Å². The Morgan fingerprint density at radius 2 is 1.97 bits per heavy atom. The van der Waals surface area contributed by atoms with E-state index in [1.165, 1.54) is 19.3 Å². The number of anilines is 1. The fraction of sp³-hybridized carbons (Fsp3) is 0.720. The second-order valence-corrected chi connectivity index (χ2v) is 9.64. The van der Waals surface area contributed by atoms with Gasteiger partial charge < -0.3 is 15.4 Å². The maximum absolute atomic E-state index is 13.0. The summed E-state index contributed by atoms with van der Waals surface area (Å²) in [6.45, 7) is 5.52. The minimum absolute atomic E-state index is 0.124. The number of nitrogens with zero attached hydrogens (tertiary/aromatic N) is 3. The van der Waals surface area contributed by atoms with Crippen molar-refractivity contribution in [3.8, 4) is 0 Å². The predicted molar refractivity (Wildman–Crippen MR) is 139 cm³/mol. The second kappa shape index (κ2) is 15.9. The van der Waals surface area contributed by atoms with Crippen LogP contribution >= 0.6 is 11.6 Å². The number of guanidine groups is 1. The molecule has 1 aromatic rings. The molecule has 196 valence electrons. The van der Waals surface area contributed by atoms with Crippen LogP contribution in [0.5, 0.6) is 0 Å². The SMILES string of the molecule is N=C(NCCCCCCC(=O)N(OCCN1CCOCC1)C1CCCCC1)Nc1ccnc(Cl)c1. The van der Waals surface area contributed by atoms with Gasteiger partial charge in [-0.2, -0.15) is 0 Å². The van der Waals surface area contributed by atoms with Gasteiger partial charge in [-0.25, -0.2) is 10.0 Å². The molecule has 0 atom stereocenters. The van der Waals surface area contributed by atoms with Crippen LogP contribution in [0.1, 0.15) is 64.2 Å². The normalized spacial score (nSPS) is 17.2. The van der Waals surface area contributed by atoms with Crippen molar-refractivity contribution in [1.82, 2.24) is 20.3 Å². The Labute approximate surface area is 214 Å². The highest BCUT2D eigenvalue weighted by Crippen LogP contribution is 2.24. The summed E-state index contributed by atoms with van der Waals surface area (Å²) in [6, 6.07) is 3.67. The number of unbranched alkanes of at least 4 members (excludes halogenated alkanes) is 3. The number of halogens is 1. The Hall–Kier alpha value is -1.94. The predicted octanol–water partition coefficient (Wildman–Crippen LogP) is 4.05. The Balaban J connectivity index is 1.29. The van der Waals surface area contributed by atoms with Gasteiger partial charge in [0.2, 0.25) is 5.91 Å². The molecule has 10 heteroatoms. The highest BCUT2D eigenvalue weighted by atomic mass is 35.5. The zero-order chi connectivity index (χ0) is 24.7. The van der Waals surface area contributed by atoms with Crippen LogP contribution in [-0.4, -0.2) is 78.9 Å². The average Bonchev–Trinajstić information content (AvgIpc) is 2.87. The van der Waals surface area contributed by atoms with E-state index >= 15 is 0 Å². The zero-order valence-electron chi connectivity index (χ0n) is 20.8. The van der Waals surface area contributed by atoms with Crippen molar-refractivity contribution in [2.24, 2.45) is 0 Å². The summed E-state index contributed by atoms with van der Waals surface area (Å²) < 4.78 is 5.41. The number of nitrogens with one attached hydrogen (secondary N) is 3. The molecule has 1 aliphatic heterocycles. The summed E-state index contributed by atoms with van der Waals surface area (Å²) in [5, 5.41) is 16.1. The summed E-state index contributed by atoms with van der Waals surface area (Å²) in [7, 11) is 0. The van der Waals surface area contributed by atoms with Gasteiger partial charge in [-0.15, -0.1) is 0 Å². The standard InChI is InChI=1S/C25H41ClN6O3/c26-23-20-21(11-13-28-23)30-25(27)29-12-7-2-1-6-10-24(33)32(22-8-4-3-5-9-22)35-19-16-31-14-17-34-18-15-31/h11,13,20,22H,1-10,12,14-19H2,(H3,27,28,29,30). The van der Waals surface area contributed by atoms with Crippen LogP contribution in [-0.2, 0) is 14.4 Å². The molecule has 35 heavy (non-hydrogen) atoms. The first-order chi connectivity index (χ1) is 17.1. The van der Waals surface area contributed by atoms with Crippen molar-refractivity contribution >= 4 is 29.2 Å². The van der Waals surface area contributed by atoms with Gasteiger partial charge in [0, 0.05) is 44.5 Å². The lowest BCUT2D eigenvalue weighted by Crippen LogP contribution is -2.44. The number of carbonyl (C=O) groups excluding carboxylic acids is 1. The summed E-state index contributed by atoms with van der Waals surface area (Å²) in [6.07, 6.45) is 11.6. The minimum Gasteiger partial charge on any atom is -0.379 e. The third-order valence-electron chi connectivity index (χ3n) is 6.51. The van der Waals surface area contributed by atoms with Crippen LogP contribution in [0.2, 0.25) is 5.15 Å². The van der Waals surface area contributed by atoms with Gasteiger partial charge in [0.15, 0.2) is 5.96 Å². The Morgan fingerprint density at radius 1 is 1.20 bits per heavy atom. The molecule has 0 spiro atoms. The average molecular weight is 509 g/mol. The van der Waals surface area contributed by atoms with E-state index in [9.17, 15) is 4.79 Å². The molecule has 2 aliphatic rings. The molecule has 2 fully saturated rings. The number of ether oxygens (including phenoxy) is 1. The molecule has 1 saturated carbocycles. The molecule has 0 radical (unpaired) electrons. The van der Waals surface area contributed by atoms with Crippen LogP contribution < -0.4 is 10.6 Å². The highest BCUT2D eigenvalue weighted by Gasteiger charge is 2.26. The molecule has 2 heterocycles. The van der Waals surface area contributed by atoms with Crippen LogP contribution in [0.4, 0.5) is 5.69 Å². The second-order valence-electron chi connectivity index (χ2n) is 9.26. The van der Waals surface area contributed by atoms with Gasteiger partial charge in [0.25, 0.3) is 0 Å². The molecular formula is C25H41ClN6O3. The summed E-state index contributed by atoms with van der Waals surface area (Å²) >= 11 is 5.86. The van der Waals surface area contributed by atoms with E-state index < -0.39 is 0 Å². The van der Waals surface area contributed by atoms with Crippen molar-refractivity contribution in [1.29, 1.82) is 5.41 Å². The first-order valence-electron chi connectivity index (χ1n) is 13.1. The molecule has 1 saturated heterocycles. The number of hydroxylamine groups is 2. The summed E-state index contributed by atoms with van der Waals surface area (Å²) in [4.78, 5) is 25.3. The van der Waals surface area contributed by atoms with Crippen molar-refractivity contribution in [3.05, 3.63) is 23.5 Å². The van der Waals surface area contributed by atoms with Gasteiger partial charge in [-0.3, -0.25) is 19.9 Å². The van der Waals surface area contributed by atoms with Gasteiger partial charge in [0.1, 0.15) is 5.15 Å². The lowest BCUT2D eigenvalue weighted by Gasteiger charge is -2.34. The number of pyridine rings is 1. The topological polar surface area (TPSA) is 103 Å². The van der Waals surface area contributed by atoms with Crippen molar-refractivity contribution in [2.75, 3.05) is 51.3 Å². The number of rotatable bonds is 13. The van der Waals surface area contributed by atoms with Crippen LogP contribution in [0.3, 0.4) is 0 Å². The molecule has 0 bridgehead atoms. The first kappa shape index (κ1) is 27.6.